The zero-order valence-corrected chi connectivity index (χ0v) is 19.0. The van der Waals surface area contributed by atoms with Crippen molar-refractivity contribution < 1.29 is 14.0 Å². The molecule has 0 spiro atoms. The Morgan fingerprint density at radius 2 is 2.19 bits per heavy atom. The van der Waals surface area contributed by atoms with Crippen LogP contribution in [-0.4, -0.2) is 44.3 Å². The third kappa shape index (κ3) is 4.47. The van der Waals surface area contributed by atoms with Crippen LogP contribution in [0, 0.1) is 12.7 Å². The normalized spacial score (nSPS) is 17.1. The molecule has 0 saturated heterocycles. The number of halogens is 1. The maximum Gasteiger partial charge on any atom is 0.257 e. The zero-order valence-electron chi connectivity index (χ0n) is 19.0. The summed E-state index contributed by atoms with van der Waals surface area (Å²) in [4.78, 5) is 19.9. The number of nitrogens with zero attached hydrogens (tertiary/aromatic N) is 4. The highest BCUT2D eigenvalue weighted by molar-refractivity contribution is 5.79. The molecule has 0 aliphatic carbocycles. The van der Waals surface area contributed by atoms with Gasteiger partial charge in [0.15, 0.2) is 5.58 Å². The summed E-state index contributed by atoms with van der Waals surface area (Å²) in [6.45, 7) is 9.17. The highest BCUT2D eigenvalue weighted by atomic mass is 19.1. The van der Waals surface area contributed by atoms with E-state index in [1.54, 1.807) is 10.6 Å². The predicted molar refractivity (Wildman–Crippen MR) is 120 cm³/mol. The lowest BCUT2D eigenvalue weighted by Gasteiger charge is -2.25. The Morgan fingerprint density at radius 3 is 2.97 bits per heavy atom. The van der Waals surface area contributed by atoms with Gasteiger partial charge in [0, 0.05) is 41.7 Å². The van der Waals surface area contributed by atoms with Gasteiger partial charge in [0.2, 0.25) is 0 Å². The fraction of sp³-hybridized carbons (Fsp3) is 0.542. The molecular formula is C24H31FN4O3. The van der Waals surface area contributed by atoms with Crippen LogP contribution >= 0.6 is 0 Å². The average molecular weight is 443 g/mol. The molecule has 0 bridgehead atoms. The number of aliphatic hydroxyl groups excluding tert-OH is 1. The van der Waals surface area contributed by atoms with E-state index in [0.717, 1.165) is 49.1 Å². The minimum Gasteiger partial charge on any atom is -0.385 e. The second-order valence-corrected chi connectivity index (χ2v) is 8.73. The van der Waals surface area contributed by atoms with E-state index in [9.17, 15) is 14.3 Å². The highest BCUT2D eigenvalue weighted by Crippen LogP contribution is 2.28. The zero-order chi connectivity index (χ0) is 22.8. The number of benzene rings is 1. The summed E-state index contributed by atoms with van der Waals surface area (Å²) in [5, 5.41) is 15.2. The Labute approximate surface area is 186 Å². The summed E-state index contributed by atoms with van der Waals surface area (Å²) in [6.07, 6.45) is 2.30. The molecule has 1 aromatic carbocycles. The number of rotatable bonds is 8. The number of aliphatic hydroxyl groups is 1. The molecule has 32 heavy (non-hydrogen) atoms. The van der Waals surface area contributed by atoms with Crippen molar-refractivity contribution in [2.45, 2.75) is 65.0 Å². The third-order valence-electron chi connectivity index (χ3n) is 6.59. The first-order valence-corrected chi connectivity index (χ1v) is 11.4. The van der Waals surface area contributed by atoms with E-state index in [2.05, 4.69) is 28.9 Å². The Kier molecular flexibility index (Phi) is 6.71. The van der Waals surface area contributed by atoms with E-state index in [0.29, 0.717) is 36.5 Å². The molecular weight excluding hydrogens is 411 g/mol. The minimum absolute atomic E-state index is 0.0167. The van der Waals surface area contributed by atoms with Crippen LogP contribution in [0.5, 0.6) is 0 Å². The van der Waals surface area contributed by atoms with Gasteiger partial charge in [-0.05, 0) is 57.8 Å². The Bertz CT molecular complexity index is 1160. The van der Waals surface area contributed by atoms with Crippen molar-refractivity contribution >= 4 is 11.0 Å². The van der Waals surface area contributed by atoms with Gasteiger partial charge in [-0.3, -0.25) is 9.36 Å². The SMILES string of the molecule is CCN(CCc1c(C)nc2n(c1=O)CCCC2O)CCC(C)c1noc2cc(F)ccc12. The van der Waals surface area contributed by atoms with Gasteiger partial charge in [-0.15, -0.1) is 0 Å². The Hall–Kier alpha value is -2.58. The highest BCUT2D eigenvalue weighted by Gasteiger charge is 2.23. The summed E-state index contributed by atoms with van der Waals surface area (Å²) in [6, 6.07) is 4.52. The van der Waals surface area contributed by atoms with Crippen molar-refractivity contribution in [3.05, 3.63) is 57.1 Å². The monoisotopic (exact) mass is 442 g/mol. The number of likely N-dealkylation sites (N-methyl/N-ethyl adjacent to an activating group) is 1. The minimum atomic E-state index is -0.651. The fourth-order valence-electron chi connectivity index (χ4n) is 4.55. The number of hydrogen-bond donors (Lipinski definition) is 1. The van der Waals surface area contributed by atoms with E-state index in [-0.39, 0.29) is 17.3 Å². The van der Waals surface area contributed by atoms with E-state index < -0.39 is 6.10 Å². The summed E-state index contributed by atoms with van der Waals surface area (Å²) >= 11 is 0. The molecule has 4 rings (SSSR count). The van der Waals surface area contributed by atoms with Gasteiger partial charge in [-0.25, -0.2) is 9.37 Å². The van der Waals surface area contributed by atoms with Gasteiger partial charge in [0.1, 0.15) is 17.7 Å². The Morgan fingerprint density at radius 1 is 1.38 bits per heavy atom. The van der Waals surface area contributed by atoms with Gasteiger partial charge < -0.3 is 14.5 Å². The topological polar surface area (TPSA) is 84.4 Å². The number of fused-ring (bicyclic) bond motifs is 2. The van der Waals surface area contributed by atoms with Crippen LogP contribution in [0.3, 0.4) is 0 Å². The fourth-order valence-corrected chi connectivity index (χ4v) is 4.55. The third-order valence-corrected chi connectivity index (χ3v) is 6.59. The van der Waals surface area contributed by atoms with Crippen LogP contribution in [0.25, 0.3) is 11.0 Å². The molecule has 7 nitrogen and oxygen atoms in total. The summed E-state index contributed by atoms with van der Waals surface area (Å²) in [5.74, 6) is 0.334. The molecule has 2 unspecified atom stereocenters. The largest absolute Gasteiger partial charge is 0.385 e. The van der Waals surface area contributed by atoms with Gasteiger partial charge in [-0.2, -0.15) is 0 Å². The molecule has 0 amide bonds. The number of aryl methyl sites for hydroxylation is 1. The predicted octanol–water partition coefficient (Wildman–Crippen LogP) is 3.72. The van der Waals surface area contributed by atoms with E-state index in [4.69, 9.17) is 4.52 Å². The van der Waals surface area contributed by atoms with Crippen molar-refractivity contribution in [3.8, 4) is 0 Å². The quantitative estimate of drug-likeness (QED) is 0.572. The molecule has 3 aromatic rings. The van der Waals surface area contributed by atoms with Crippen LogP contribution in [0.15, 0.2) is 27.5 Å². The second-order valence-electron chi connectivity index (χ2n) is 8.73. The molecule has 8 heteroatoms. The maximum absolute atomic E-state index is 13.4. The standard InChI is InChI=1S/C24H31FN4O3/c1-4-28(12-9-15(2)22-19-8-7-17(25)14-21(19)32-27-22)13-10-18-16(3)26-23-20(30)6-5-11-29(23)24(18)31/h7-8,14-15,20,30H,4-6,9-13H2,1-3H3. The summed E-state index contributed by atoms with van der Waals surface area (Å²) in [7, 11) is 0. The molecule has 0 radical (unpaired) electrons. The van der Waals surface area contributed by atoms with Gasteiger partial charge in [-0.1, -0.05) is 19.0 Å². The summed E-state index contributed by atoms with van der Waals surface area (Å²) < 4.78 is 20.4. The molecule has 3 heterocycles. The number of hydrogen-bond acceptors (Lipinski definition) is 6. The van der Waals surface area contributed by atoms with Crippen molar-refractivity contribution in [2.75, 3.05) is 19.6 Å². The summed E-state index contributed by atoms with van der Waals surface area (Å²) in [5.41, 5.74) is 2.76. The molecule has 1 N–H and O–H groups in total. The maximum atomic E-state index is 13.4. The van der Waals surface area contributed by atoms with Crippen LogP contribution in [0.1, 0.15) is 67.9 Å². The molecule has 2 aromatic heterocycles. The smallest absolute Gasteiger partial charge is 0.257 e. The molecule has 1 aliphatic heterocycles. The first kappa shape index (κ1) is 22.6. The molecule has 172 valence electrons. The van der Waals surface area contributed by atoms with Crippen molar-refractivity contribution in [1.82, 2.24) is 19.6 Å². The number of aromatic nitrogens is 3. The average Bonchev–Trinajstić information content (AvgIpc) is 3.19. The molecule has 0 saturated carbocycles. The van der Waals surface area contributed by atoms with Crippen LogP contribution in [0.4, 0.5) is 4.39 Å². The van der Waals surface area contributed by atoms with Crippen LogP contribution in [-0.2, 0) is 13.0 Å². The van der Waals surface area contributed by atoms with E-state index >= 15 is 0 Å². The van der Waals surface area contributed by atoms with Crippen molar-refractivity contribution in [3.63, 3.8) is 0 Å². The lowest BCUT2D eigenvalue weighted by molar-refractivity contribution is 0.129. The van der Waals surface area contributed by atoms with E-state index in [1.165, 1.54) is 12.1 Å². The lowest BCUT2D eigenvalue weighted by atomic mass is 10.00. The van der Waals surface area contributed by atoms with Gasteiger partial charge >= 0.3 is 0 Å². The molecule has 2 atom stereocenters. The van der Waals surface area contributed by atoms with Crippen molar-refractivity contribution in [1.29, 1.82) is 0 Å². The van der Waals surface area contributed by atoms with Gasteiger partial charge in [0.25, 0.3) is 5.56 Å². The molecule has 1 aliphatic rings. The lowest BCUT2D eigenvalue weighted by Crippen LogP contribution is -2.35. The van der Waals surface area contributed by atoms with Crippen LogP contribution < -0.4 is 5.56 Å². The van der Waals surface area contributed by atoms with E-state index in [1.807, 2.05) is 6.92 Å². The first-order chi connectivity index (χ1) is 15.4. The van der Waals surface area contributed by atoms with Crippen molar-refractivity contribution in [2.24, 2.45) is 0 Å². The van der Waals surface area contributed by atoms with Crippen LogP contribution in [0.2, 0.25) is 0 Å². The first-order valence-electron chi connectivity index (χ1n) is 11.4. The second kappa shape index (κ2) is 9.50. The molecule has 0 fully saturated rings. The van der Waals surface area contributed by atoms with Gasteiger partial charge in [0.05, 0.1) is 5.69 Å². The Balaban J connectivity index is 1.40.